The number of ether oxygens (including phenoxy) is 2. The summed E-state index contributed by atoms with van der Waals surface area (Å²) in [6.45, 7) is 5.90. The van der Waals surface area contributed by atoms with Crippen molar-refractivity contribution >= 4 is 0 Å². The summed E-state index contributed by atoms with van der Waals surface area (Å²) < 4.78 is 12.3. The van der Waals surface area contributed by atoms with Crippen molar-refractivity contribution in [1.82, 2.24) is 0 Å². The van der Waals surface area contributed by atoms with Crippen LogP contribution in [0.4, 0.5) is 0 Å². The van der Waals surface area contributed by atoms with E-state index in [9.17, 15) is 5.11 Å². The van der Waals surface area contributed by atoms with Gasteiger partial charge in [0.2, 0.25) is 0 Å². The van der Waals surface area contributed by atoms with Crippen LogP contribution in [0.3, 0.4) is 0 Å². The Kier molecular flexibility index (Phi) is 4.89. The molecule has 3 heteroatoms. The average Bonchev–Trinajstić information content (AvgIpc) is 2.98. The third-order valence-corrected chi connectivity index (χ3v) is 10.0. The molecule has 1 heterocycles. The molecule has 0 aromatic heterocycles. The zero-order valence-electron chi connectivity index (χ0n) is 17.5. The van der Waals surface area contributed by atoms with E-state index in [-0.39, 0.29) is 17.8 Å². The molecule has 0 unspecified atom stereocenters. The maximum absolute atomic E-state index is 10.6. The highest BCUT2D eigenvalue weighted by Crippen LogP contribution is 2.66. The zero-order chi connectivity index (χ0) is 18.6. The lowest BCUT2D eigenvalue weighted by Crippen LogP contribution is -2.54. The van der Waals surface area contributed by atoms with Gasteiger partial charge in [-0.1, -0.05) is 13.8 Å². The van der Waals surface area contributed by atoms with Crippen molar-refractivity contribution in [2.75, 3.05) is 6.61 Å². The SMILES string of the molecule is C[C@]12CC[C@H]3[C@H](CC[C@H]4C[C@H](O[C@@H]5CCCCO5)CC[C@@]43C)[C@H]1CC[C@@H]2O. The predicted octanol–water partition coefficient (Wildman–Crippen LogP) is 5.30. The van der Waals surface area contributed by atoms with Gasteiger partial charge in [-0.2, -0.15) is 0 Å². The molecule has 4 aliphatic carbocycles. The van der Waals surface area contributed by atoms with Gasteiger partial charge < -0.3 is 14.6 Å². The number of fused-ring (bicyclic) bond motifs is 5. The Morgan fingerprint density at radius 3 is 2.48 bits per heavy atom. The molecular formula is C24H40O3. The second-order valence-corrected chi connectivity index (χ2v) is 11.1. The smallest absolute Gasteiger partial charge is 0.157 e. The van der Waals surface area contributed by atoms with Crippen LogP contribution < -0.4 is 0 Å². The zero-order valence-corrected chi connectivity index (χ0v) is 17.5. The monoisotopic (exact) mass is 376 g/mol. The Morgan fingerprint density at radius 1 is 0.852 bits per heavy atom. The molecule has 5 fully saturated rings. The Balaban J connectivity index is 1.27. The summed E-state index contributed by atoms with van der Waals surface area (Å²) in [5, 5.41) is 10.6. The van der Waals surface area contributed by atoms with Crippen LogP contribution in [0.25, 0.3) is 0 Å². The van der Waals surface area contributed by atoms with Gasteiger partial charge in [-0.15, -0.1) is 0 Å². The Labute approximate surface area is 165 Å². The van der Waals surface area contributed by atoms with Gasteiger partial charge in [-0.3, -0.25) is 0 Å². The fraction of sp³-hybridized carbons (Fsp3) is 1.00. The van der Waals surface area contributed by atoms with Crippen molar-refractivity contribution < 1.29 is 14.6 Å². The molecule has 4 saturated carbocycles. The Bertz CT molecular complexity index is 544. The lowest BCUT2D eigenvalue weighted by atomic mass is 9.45. The van der Waals surface area contributed by atoms with E-state index in [0.717, 1.165) is 43.1 Å². The first-order valence-electron chi connectivity index (χ1n) is 12.0. The molecule has 0 aromatic rings. The van der Waals surface area contributed by atoms with Crippen LogP contribution >= 0.6 is 0 Å². The van der Waals surface area contributed by atoms with Gasteiger partial charge in [0.25, 0.3) is 0 Å². The number of rotatable bonds is 2. The van der Waals surface area contributed by atoms with Crippen LogP contribution in [-0.2, 0) is 9.47 Å². The quantitative estimate of drug-likeness (QED) is 0.665. The van der Waals surface area contributed by atoms with Crippen LogP contribution in [0.1, 0.15) is 90.9 Å². The van der Waals surface area contributed by atoms with E-state index in [2.05, 4.69) is 13.8 Å². The van der Waals surface area contributed by atoms with Crippen LogP contribution in [0.15, 0.2) is 0 Å². The minimum Gasteiger partial charge on any atom is -0.393 e. The predicted molar refractivity (Wildman–Crippen MR) is 106 cm³/mol. The summed E-state index contributed by atoms with van der Waals surface area (Å²) in [5.74, 6) is 3.35. The third kappa shape index (κ3) is 3.02. The van der Waals surface area contributed by atoms with Crippen molar-refractivity contribution in [3.8, 4) is 0 Å². The van der Waals surface area contributed by atoms with E-state index in [0.29, 0.717) is 11.5 Å². The van der Waals surface area contributed by atoms with Gasteiger partial charge in [0.1, 0.15) is 0 Å². The van der Waals surface area contributed by atoms with Crippen molar-refractivity contribution in [3.05, 3.63) is 0 Å². The molecular weight excluding hydrogens is 336 g/mol. The summed E-state index contributed by atoms with van der Waals surface area (Å²) in [6, 6.07) is 0. The summed E-state index contributed by atoms with van der Waals surface area (Å²) in [7, 11) is 0. The van der Waals surface area contributed by atoms with Crippen molar-refractivity contribution in [2.45, 2.75) is 109 Å². The minimum atomic E-state index is -0.0476. The van der Waals surface area contributed by atoms with Gasteiger partial charge in [-0.05, 0) is 112 Å². The van der Waals surface area contributed by atoms with E-state index in [1.807, 2.05) is 0 Å². The highest BCUT2D eigenvalue weighted by atomic mass is 16.7. The van der Waals surface area contributed by atoms with E-state index in [4.69, 9.17) is 9.47 Å². The van der Waals surface area contributed by atoms with Gasteiger partial charge in [-0.25, -0.2) is 0 Å². The van der Waals surface area contributed by atoms with Crippen molar-refractivity contribution in [2.24, 2.45) is 34.5 Å². The molecule has 154 valence electrons. The summed E-state index contributed by atoms with van der Waals surface area (Å²) >= 11 is 0. The van der Waals surface area contributed by atoms with Crippen molar-refractivity contribution in [1.29, 1.82) is 0 Å². The summed E-state index contributed by atoms with van der Waals surface area (Å²) in [4.78, 5) is 0. The molecule has 0 spiro atoms. The summed E-state index contributed by atoms with van der Waals surface area (Å²) in [5.41, 5.74) is 0.716. The normalized spacial score (nSPS) is 55.4. The number of aliphatic hydroxyl groups excluding tert-OH is 1. The highest BCUT2D eigenvalue weighted by Gasteiger charge is 2.60. The molecule has 3 nitrogen and oxygen atoms in total. The largest absolute Gasteiger partial charge is 0.393 e. The van der Waals surface area contributed by atoms with Gasteiger partial charge in [0.15, 0.2) is 6.29 Å². The molecule has 27 heavy (non-hydrogen) atoms. The number of aliphatic hydroxyl groups is 1. The minimum absolute atomic E-state index is 0.0476. The topological polar surface area (TPSA) is 38.7 Å². The second kappa shape index (κ2) is 6.99. The summed E-state index contributed by atoms with van der Waals surface area (Å²) in [6.07, 6.45) is 15.5. The van der Waals surface area contributed by atoms with Crippen LogP contribution in [0.2, 0.25) is 0 Å². The lowest BCUT2D eigenvalue weighted by molar-refractivity contribution is -0.212. The van der Waals surface area contributed by atoms with Gasteiger partial charge >= 0.3 is 0 Å². The number of hydrogen-bond acceptors (Lipinski definition) is 3. The third-order valence-electron chi connectivity index (χ3n) is 10.0. The van der Waals surface area contributed by atoms with Crippen LogP contribution in [0, 0.1) is 34.5 Å². The van der Waals surface area contributed by atoms with Crippen LogP contribution in [0.5, 0.6) is 0 Å². The van der Waals surface area contributed by atoms with E-state index < -0.39 is 0 Å². The molecule has 1 N–H and O–H groups in total. The van der Waals surface area contributed by atoms with E-state index in [1.54, 1.807) is 0 Å². The van der Waals surface area contributed by atoms with E-state index in [1.165, 1.54) is 64.2 Å². The van der Waals surface area contributed by atoms with Gasteiger partial charge in [0, 0.05) is 6.61 Å². The molecule has 1 saturated heterocycles. The molecule has 0 amide bonds. The maximum Gasteiger partial charge on any atom is 0.157 e. The molecule has 5 aliphatic rings. The van der Waals surface area contributed by atoms with E-state index >= 15 is 0 Å². The average molecular weight is 377 g/mol. The van der Waals surface area contributed by atoms with Gasteiger partial charge in [0.05, 0.1) is 12.2 Å². The lowest BCUT2D eigenvalue weighted by Gasteiger charge is -2.61. The van der Waals surface area contributed by atoms with Crippen molar-refractivity contribution in [3.63, 3.8) is 0 Å². The first-order valence-corrected chi connectivity index (χ1v) is 12.0. The standard InChI is InChI=1S/C24H40O3/c1-23-12-10-17(27-22-5-3-4-14-26-22)15-16(23)6-7-18-19-8-9-21(25)24(19,2)13-11-20(18)23/h16-22,25H,3-15H2,1-2H3/t16-,17+,18+,19+,20-,21-,22+,23-,24-/m0/s1. The molecule has 5 rings (SSSR count). The molecule has 9 atom stereocenters. The molecule has 1 aliphatic heterocycles. The van der Waals surface area contributed by atoms with Crippen LogP contribution in [-0.4, -0.2) is 30.2 Å². The fourth-order valence-corrected chi connectivity index (χ4v) is 8.35. The Morgan fingerprint density at radius 2 is 1.67 bits per heavy atom. The highest BCUT2D eigenvalue weighted by molar-refractivity contribution is 5.09. The first kappa shape index (κ1) is 18.9. The Hall–Kier alpha value is -0.120. The number of hydrogen-bond donors (Lipinski definition) is 1. The second-order valence-electron chi connectivity index (χ2n) is 11.1. The molecule has 0 bridgehead atoms. The molecule has 0 aromatic carbocycles. The fourth-order valence-electron chi connectivity index (χ4n) is 8.35. The first-order chi connectivity index (χ1) is 13.0. The molecule has 0 radical (unpaired) electrons. The maximum atomic E-state index is 10.6.